The molecule has 3 aromatic rings. The lowest BCUT2D eigenvalue weighted by Crippen LogP contribution is -2.35. The molecule has 5 nitrogen and oxygen atoms in total. The Morgan fingerprint density at radius 1 is 1.23 bits per heavy atom. The van der Waals surface area contributed by atoms with Crippen LogP contribution in [0.3, 0.4) is 0 Å². The van der Waals surface area contributed by atoms with E-state index in [1.54, 1.807) is 0 Å². The van der Waals surface area contributed by atoms with Gasteiger partial charge in [-0.15, -0.1) is 0 Å². The molecule has 0 bridgehead atoms. The van der Waals surface area contributed by atoms with Crippen molar-refractivity contribution in [3.8, 4) is 0 Å². The maximum absolute atomic E-state index is 12.6. The van der Waals surface area contributed by atoms with Crippen LogP contribution in [0.25, 0.3) is 16.6 Å². The van der Waals surface area contributed by atoms with E-state index in [9.17, 15) is 4.21 Å². The zero-order valence-corrected chi connectivity index (χ0v) is 17.5. The van der Waals surface area contributed by atoms with Gasteiger partial charge in [-0.05, 0) is 58.7 Å². The van der Waals surface area contributed by atoms with Crippen LogP contribution in [0.2, 0.25) is 0 Å². The summed E-state index contributed by atoms with van der Waals surface area (Å²) in [5, 5.41) is 1.04. The number of hydrogen-bond acceptors (Lipinski definition) is 3. The van der Waals surface area contributed by atoms with Crippen molar-refractivity contribution in [1.29, 1.82) is 0 Å². The third-order valence-corrected chi connectivity index (χ3v) is 6.17. The lowest BCUT2D eigenvalue weighted by atomic mass is 10.0. The quantitative estimate of drug-likeness (QED) is 0.747. The van der Waals surface area contributed by atoms with Crippen LogP contribution in [0.1, 0.15) is 63.3 Å². The van der Waals surface area contributed by atoms with Gasteiger partial charge in [0.1, 0.15) is 11.5 Å². The average molecular weight is 373 g/mol. The van der Waals surface area contributed by atoms with E-state index in [4.69, 9.17) is 9.97 Å². The highest BCUT2D eigenvalue weighted by Crippen LogP contribution is 2.29. The van der Waals surface area contributed by atoms with Gasteiger partial charge >= 0.3 is 0 Å². The molecule has 2 aromatic heterocycles. The molecule has 0 radical (unpaired) electrons. The number of hydrogen-bond donors (Lipinski definition) is 1. The first-order valence-corrected chi connectivity index (χ1v) is 10.2. The summed E-state index contributed by atoms with van der Waals surface area (Å²) in [5.74, 6) is 0.988. The third kappa shape index (κ3) is 3.40. The van der Waals surface area contributed by atoms with Crippen LogP contribution in [0.15, 0.2) is 18.3 Å². The van der Waals surface area contributed by atoms with E-state index in [-0.39, 0.29) is 10.8 Å². The molecule has 2 heterocycles. The van der Waals surface area contributed by atoms with Crippen LogP contribution in [-0.2, 0) is 17.4 Å². The van der Waals surface area contributed by atoms with Crippen molar-refractivity contribution < 1.29 is 4.21 Å². The summed E-state index contributed by atoms with van der Waals surface area (Å²) in [7, 11) is -1.15. The summed E-state index contributed by atoms with van der Waals surface area (Å²) in [6.45, 7) is 14.2. The molecule has 26 heavy (non-hydrogen) atoms. The van der Waals surface area contributed by atoms with Gasteiger partial charge in [-0.25, -0.2) is 18.9 Å². The van der Waals surface area contributed by atoms with Gasteiger partial charge in [0, 0.05) is 24.0 Å². The number of benzene rings is 1. The molecule has 0 saturated carbocycles. The molecule has 140 valence electrons. The minimum absolute atomic E-state index is 0.0758. The third-order valence-electron chi connectivity index (χ3n) is 4.49. The van der Waals surface area contributed by atoms with Crippen LogP contribution >= 0.6 is 0 Å². The fraction of sp³-hybridized carbons (Fsp3) is 0.500. The van der Waals surface area contributed by atoms with E-state index in [1.165, 1.54) is 0 Å². The number of aromatic nitrogens is 3. The fourth-order valence-electron chi connectivity index (χ4n) is 3.15. The summed E-state index contributed by atoms with van der Waals surface area (Å²) in [5.41, 5.74) is 5.08. The highest BCUT2D eigenvalue weighted by Gasteiger charge is 2.23. The second kappa shape index (κ2) is 6.74. The number of imidazole rings is 1. The number of aryl methyl sites for hydroxylation is 3. The first-order chi connectivity index (χ1) is 12.1. The number of rotatable bonds is 4. The Kier molecular flexibility index (Phi) is 4.92. The summed E-state index contributed by atoms with van der Waals surface area (Å²) in [6.07, 6.45) is 2.87. The van der Waals surface area contributed by atoms with E-state index in [1.807, 2.05) is 40.8 Å². The summed E-state index contributed by atoms with van der Waals surface area (Å²) >= 11 is 0. The predicted octanol–water partition coefficient (Wildman–Crippen LogP) is 4.17. The molecule has 6 heteroatoms. The van der Waals surface area contributed by atoms with Crippen LogP contribution in [0, 0.1) is 13.8 Å². The number of nitrogens with zero attached hydrogens (tertiary/aromatic N) is 3. The predicted molar refractivity (Wildman–Crippen MR) is 109 cm³/mol. The molecule has 0 unspecified atom stereocenters. The monoisotopic (exact) mass is 372 g/mol. The second-order valence-electron chi connectivity index (χ2n) is 7.93. The smallest absolute Gasteiger partial charge is 0.147 e. The lowest BCUT2D eigenvalue weighted by molar-refractivity contribution is 0.617. The van der Waals surface area contributed by atoms with E-state index >= 15 is 0 Å². The molecule has 1 aromatic carbocycles. The SMILES string of the molecule is CCc1nc2c([C@@H](C)N[S@](=O)C(C)(C)C)cc(C)cc2c2nc(C)cn12. The molecule has 3 rings (SSSR count). The van der Waals surface area contributed by atoms with Crippen molar-refractivity contribution in [3.63, 3.8) is 0 Å². The van der Waals surface area contributed by atoms with Crippen molar-refractivity contribution >= 4 is 27.5 Å². The van der Waals surface area contributed by atoms with Gasteiger partial charge in [-0.2, -0.15) is 0 Å². The molecule has 0 aliphatic carbocycles. The Labute approximate surface area is 157 Å². The maximum atomic E-state index is 12.6. The molecule has 0 aliphatic rings. The highest BCUT2D eigenvalue weighted by atomic mass is 32.2. The Morgan fingerprint density at radius 3 is 2.54 bits per heavy atom. The molecule has 0 fully saturated rings. The molecule has 0 aliphatic heterocycles. The summed E-state index contributed by atoms with van der Waals surface area (Å²) in [6, 6.07) is 4.20. The van der Waals surface area contributed by atoms with E-state index in [2.05, 4.69) is 35.1 Å². The molecular weight excluding hydrogens is 344 g/mol. The minimum atomic E-state index is -1.15. The fourth-order valence-corrected chi connectivity index (χ4v) is 3.95. The molecule has 2 atom stereocenters. The van der Waals surface area contributed by atoms with Crippen LogP contribution < -0.4 is 4.72 Å². The molecule has 1 N–H and O–H groups in total. The van der Waals surface area contributed by atoms with Crippen LogP contribution in [0.4, 0.5) is 0 Å². The Balaban J connectivity index is 2.22. The van der Waals surface area contributed by atoms with Gasteiger partial charge in [-0.3, -0.25) is 4.40 Å². The van der Waals surface area contributed by atoms with Crippen molar-refractivity contribution in [1.82, 2.24) is 19.1 Å². The zero-order valence-electron chi connectivity index (χ0n) is 16.7. The Morgan fingerprint density at radius 2 is 1.92 bits per heavy atom. The zero-order chi connectivity index (χ0) is 19.2. The summed E-state index contributed by atoms with van der Waals surface area (Å²) in [4.78, 5) is 9.69. The van der Waals surface area contributed by atoms with Gasteiger partial charge in [0.15, 0.2) is 0 Å². The molecule has 0 spiro atoms. The molecule has 0 saturated heterocycles. The maximum Gasteiger partial charge on any atom is 0.147 e. The largest absolute Gasteiger partial charge is 0.287 e. The van der Waals surface area contributed by atoms with Crippen molar-refractivity contribution in [2.24, 2.45) is 0 Å². The average Bonchev–Trinajstić information content (AvgIpc) is 2.94. The standard InChI is InChI=1S/C20H28N4OS/c1-8-17-22-18-15(14(4)23-26(25)20(5,6)7)9-12(2)10-16(18)19-21-13(3)11-24(17)19/h9-11,14,23H,8H2,1-7H3/t14-,26-/m1/s1. The first-order valence-electron chi connectivity index (χ1n) is 9.08. The van der Waals surface area contributed by atoms with Crippen molar-refractivity contribution in [3.05, 3.63) is 41.0 Å². The van der Waals surface area contributed by atoms with E-state index in [0.717, 1.165) is 45.6 Å². The molecule has 0 amide bonds. The van der Waals surface area contributed by atoms with Gasteiger partial charge < -0.3 is 0 Å². The van der Waals surface area contributed by atoms with Crippen LogP contribution in [-0.4, -0.2) is 23.3 Å². The van der Waals surface area contributed by atoms with Gasteiger partial charge in [0.2, 0.25) is 0 Å². The second-order valence-corrected chi connectivity index (χ2v) is 9.93. The Bertz CT molecular complexity index is 1000. The minimum Gasteiger partial charge on any atom is -0.287 e. The van der Waals surface area contributed by atoms with Crippen molar-refractivity contribution in [2.75, 3.05) is 0 Å². The number of fused-ring (bicyclic) bond motifs is 3. The summed E-state index contributed by atoms with van der Waals surface area (Å²) < 4.78 is 17.6. The highest BCUT2D eigenvalue weighted by molar-refractivity contribution is 7.84. The Hall–Kier alpha value is -1.79. The van der Waals surface area contributed by atoms with Crippen LogP contribution in [0.5, 0.6) is 0 Å². The van der Waals surface area contributed by atoms with E-state index in [0.29, 0.717) is 0 Å². The van der Waals surface area contributed by atoms with Crippen molar-refractivity contribution in [2.45, 2.75) is 65.7 Å². The van der Waals surface area contributed by atoms with E-state index < -0.39 is 11.0 Å². The topological polar surface area (TPSA) is 59.3 Å². The number of nitrogens with one attached hydrogen (secondary N) is 1. The first kappa shape index (κ1) is 19.0. The molecular formula is C20H28N4OS. The lowest BCUT2D eigenvalue weighted by Gasteiger charge is -2.23. The van der Waals surface area contributed by atoms with Gasteiger partial charge in [0.05, 0.1) is 26.9 Å². The van der Waals surface area contributed by atoms with Gasteiger partial charge in [0.25, 0.3) is 0 Å². The van der Waals surface area contributed by atoms with Gasteiger partial charge in [-0.1, -0.05) is 13.0 Å². The normalized spacial score (nSPS) is 14.9.